The molecule has 3 aromatic rings. The van der Waals surface area contributed by atoms with Crippen LogP contribution in [0.3, 0.4) is 0 Å². The number of anilines is 1. The van der Waals surface area contributed by atoms with Crippen LogP contribution in [0, 0.1) is 6.92 Å². The van der Waals surface area contributed by atoms with Gasteiger partial charge in [0.1, 0.15) is 5.75 Å². The van der Waals surface area contributed by atoms with Crippen LogP contribution in [0.25, 0.3) is 10.9 Å². The fourth-order valence-corrected chi connectivity index (χ4v) is 4.99. The molecule has 0 unspecified atom stereocenters. The summed E-state index contributed by atoms with van der Waals surface area (Å²) >= 11 is 1.31. The maximum atomic E-state index is 13.3. The molecule has 1 saturated carbocycles. The molecule has 1 aliphatic carbocycles. The van der Waals surface area contributed by atoms with E-state index in [9.17, 15) is 9.59 Å². The molecule has 7 heteroatoms. The normalized spacial score (nSPS) is 14.5. The van der Waals surface area contributed by atoms with E-state index in [1.807, 2.05) is 54.0 Å². The third-order valence-electron chi connectivity index (χ3n) is 5.68. The summed E-state index contributed by atoms with van der Waals surface area (Å²) in [5.41, 5.74) is 2.33. The quantitative estimate of drug-likeness (QED) is 0.436. The Morgan fingerprint density at radius 3 is 2.74 bits per heavy atom. The number of hydrogen-bond acceptors (Lipinski definition) is 5. The molecule has 0 radical (unpaired) electrons. The monoisotopic (exact) mass is 437 g/mol. The maximum absolute atomic E-state index is 13.3. The van der Waals surface area contributed by atoms with Crippen molar-refractivity contribution in [2.45, 2.75) is 50.2 Å². The van der Waals surface area contributed by atoms with Gasteiger partial charge >= 0.3 is 0 Å². The van der Waals surface area contributed by atoms with Gasteiger partial charge in [-0.15, -0.1) is 0 Å². The number of benzene rings is 2. The van der Waals surface area contributed by atoms with Gasteiger partial charge in [-0.2, -0.15) is 0 Å². The Balaban J connectivity index is 1.59. The molecule has 1 amide bonds. The molecule has 1 N–H and O–H groups in total. The number of nitrogens with zero attached hydrogens (tertiary/aromatic N) is 2. The molecule has 1 fully saturated rings. The van der Waals surface area contributed by atoms with Crippen molar-refractivity contribution in [3.8, 4) is 5.75 Å². The third-order valence-corrected chi connectivity index (χ3v) is 6.63. The van der Waals surface area contributed by atoms with E-state index in [0.717, 1.165) is 31.2 Å². The number of carbonyl (C=O) groups is 1. The molecule has 0 atom stereocenters. The van der Waals surface area contributed by atoms with Crippen molar-refractivity contribution in [3.63, 3.8) is 0 Å². The van der Waals surface area contributed by atoms with Crippen LogP contribution in [0.2, 0.25) is 0 Å². The number of aryl methyl sites for hydroxylation is 1. The molecule has 1 aliphatic rings. The van der Waals surface area contributed by atoms with Gasteiger partial charge in [0.2, 0.25) is 5.91 Å². The number of para-hydroxylation sites is 1. The number of fused-ring (bicyclic) bond motifs is 1. The Labute approximate surface area is 186 Å². The van der Waals surface area contributed by atoms with Gasteiger partial charge in [-0.05, 0) is 49.6 Å². The van der Waals surface area contributed by atoms with Gasteiger partial charge < -0.3 is 10.1 Å². The fraction of sp³-hybridized carbons (Fsp3) is 0.375. The van der Waals surface area contributed by atoms with E-state index in [2.05, 4.69) is 5.32 Å². The smallest absolute Gasteiger partial charge is 0.262 e. The SMILES string of the molecule is COc1ccc(C)cc1NC(=O)CSc1nc2ccccc2c(=O)n1C1CCCCC1. The molecule has 6 nitrogen and oxygen atoms in total. The number of ether oxygens (including phenoxy) is 1. The van der Waals surface area contributed by atoms with Crippen molar-refractivity contribution in [2.24, 2.45) is 0 Å². The summed E-state index contributed by atoms with van der Waals surface area (Å²) in [6.07, 6.45) is 5.37. The summed E-state index contributed by atoms with van der Waals surface area (Å²) in [5, 5.41) is 4.17. The molecular formula is C24H27N3O3S. The Morgan fingerprint density at radius 2 is 1.97 bits per heavy atom. The Hall–Kier alpha value is -2.80. The molecular weight excluding hydrogens is 410 g/mol. The first-order valence-electron chi connectivity index (χ1n) is 10.7. The molecule has 0 spiro atoms. The maximum Gasteiger partial charge on any atom is 0.262 e. The highest BCUT2D eigenvalue weighted by molar-refractivity contribution is 7.99. The highest BCUT2D eigenvalue weighted by Gasteiger charge is 2.22. The van der Waals surface area contributed by atoms with Crippen molar-refractivity contribution < 1.29 is 9.53 Å². The standard InChI is InChI=1S/C24H27N3O3S/c1-16-12-13-21(30-2)20(14-16)25-22(28)15-31-24-26-19-11-7-6-10-18(19)23(29)27(24)17-8-4-3-5-9-17/h6-7,10-14,17H,3-5,8-9,15H2,1-2H3,(H,25,28). The number of hydrogen-bond donors (Lipinski definition) is 1. The summed E-state index contributed by atoms with van der Waals surface area (Å²) in [7, 11) is 1.58. The summed E-state index contributed by atoms with van der Waals surface area (Å²) < 4.78 is 7.17. The van der Waals surface area contributed by atoms with Crippen molar-refractivity contribution in [2.75, 3.05) is 18.2 Å². The lowest BCUT2D eigenvalue weighted by molar-refractivity contribution is -0.113. The molecule has 2 aromatic carbocycles. The van der Waals surface area contributed by atoms with Gasteiger partial charge in [0, 0.05) is 6.04 Å². The van der Waals surface area contributed by atoms with E-state index < -0.39 is 0 Å². The molecule has 1 aromatic heterocycles. The molecule has 162 valence electrons. The minimum atomic E-state index is -0.161. The second-order valence-corrected chi connectivity index (χ2v) is 8.86. The average molecular weight is 438 g/mol. The van der Waals surface area contributed by atoms with E-state index in [0.29, 0.717) is 27.5 Å². The molecule has 0 bridgehead atoms. The largest absolute Gasteiger partial charge is 0.495 e. The summed E-state index contributed by atoms with van der Waals surface area (Å²) in [6.45, 7) is 1.96. The fourth-order valence-electron chi connectivity index (χ4n) is 4.12. The van der Waals surface area contributed by atoms with Crippen LogP contribution >= 0.6 is 11.8 Å². The lowest BCUT2D eigenvalue weighted by atomic mass is 9.95. The van der Waals surface area contributed by atoms with Crippen LogP contribution in [0.4, 0.5) is 5.69 Å². The number of amides is 1. The summed E-state index contributed by atoms with van der Waals surface area (Å²) in [6, 6.07) is 13.2. The van der Waals surface area contributed by atoms with Gasteiger partial charge in [-0.1, -0.05) is 49.2 Å². The Kier molecular flexibility index (Phi) is 6.61. The number of rotatable bonds is 6. The van der Waals surface area contributed by atoms with Gasteiger partial charge in [-0.3, -0.25) is 14.2 Å². The second-order valence-electron chi connectivity index (χ2n) is 7.92. The van der Waals surface area contributed by atoms with E-state index in [1.165, 1.54) is 18.2 Å². The van der Waals surface area contributed by atoms with E-state index >= 15 is 0 Å². The number of thioether (sulfide) groups is 1. The van der Waals surface area contributed by atoms with Crippen LogP contribution in [-0.2, 0) is 4.79 Å². The van der Waals surface area contributed by atoms with Crippen LogP contribution in [0.15, 0.2) is 52.4 Å². The van der Waals surface area contributed by atoms with Crippen molar-refractivity contribution in [1.82, 2.24) is 9.55 Å². The summed E-state index contributed by atoms with van der Waals surface area (Å²) in [4.78, 5) is 30.8. The van der Waals surface area contributed by atoms with Crippen LogP contribution in [0.1, 0.15) is 43.7 Å². The second kappa shape index (κ2) is 9.56. The van der Waals surface area contributed by atoms with E-state index in [-0.39, 0.29) is 23.3 Å². The minimum absolute atomic E-state index is 0.0132. The van der Waals surface area contributed by atoms with Gasteiger partial charge in [-0.25, -0.2) is 4.98 Å². The predicted molar refractivity (Wildman–Crippen MR) is 125 cm³/mol. The van der Waals surface area contributed by atoms with Crippen molar-refractivity contribution in [1.29, 1.82) is 0 Å². The lowest BCUT2D eigenvalue weighted by Gasteiger charge is -2.26. The predicted octanol–water partition coefficient (Wildman–Crippen LogP) is 4.95. The number of nitrogens with one attached hydrogen (secondary N) is 1. The van der Waals surface area contributed by atoms with Crippen molar-refractivity contribution >= 4 is 34.3 Å². The molecule has 4 rings (SSSR count). The lowest BCUT2D eigenvalue weighted by Crippen LogP contribution is -2.29. The topological polar surface area (TPSA) is 73.2 Å². The zero-order chi connectivity index (χ0) is 21.8. The van der Waals surface area contributed by atoms with Gasteiger partial charge in [0.05, 0.1) is 29.5 Å². The minimum Gasteiger partial charge on any atom is -0.495 e. The van der Waals surface area contributed by atoms with Crippen LogP contribution < -0.4 is 15.6 Å². The van der Waals surface area contributed by atoms with Crippen LogP contribution in [-0.4, -0.2) is 28.3 Å². The zero-order valence-electron chi connectivity index (χ0n) is 17.9. The van der Waals surface area contributed by atoms with Gasteiger partial charge in [0.15, 0.2) is 5.16 Å². The first-order valence-corrected chi connectivity index (χ1v) is 11.6. The molecule has 31 heavy (non-hydrogen) atoms. The average Bonchev–Trinajstić information content (AvgIpc) is 2.78. The highest BCUT2D eigenvalue weighted by Crippen LogP contribution is 2.31. The van der Waals surface area contributed by atoms with E-state index in [4.69, 9.17) is 9.72 Å². The van der Waals surface area contributed by atoms with E-state index in [1.54, 1.807) is 7.11 Å². The molecule has 0 saturated heterocycles. The Morgan fingerprint density at radius 1 is 1.19 bits per heavy atom. The number of carbonyl (C=O) groups excluding carboxylic acids is 1. The van der Waals surface area contributed by atoms with Crippen molar-refractivity contribution in [3.05, 3.63) is 58.4 Å². The highest BCUT2D eigenvalue weighted by atomic mass is 32.2. The number of methoxy groups -OCH3 is 1. The summed E-state index contributed by atoms with van der Waals surface area (Å²) in [5.74, 6) is 0.618. The number of aromatic nitrogens is 2. The van der Waals surface area contributed by atoms with Gasteiger partial charge in [0.25, 0.3) is 5.56 Å². The first-order chi connectivity index (χ1) is 15.1. The third kappa shape index (κ3) is 4.77. The Bertz CT molecular complexity index is 1150. The molecule has 1 heterocycles. The zero-order valence-corrected chi connectivity index (χ0v) is 18.7. The first kappa shape index (κ1) is 21.4. The van der Waals surface area contributed by atoms with Crippen LogP contribution in [0.5, 0.6) is 5.75 Å². The molecule has 0 aliphatic heterocycles.